The lowest BCUT2D eigenvalue weighted by atomic mass is 10.0. The molecule has 0 amide bonds. The van der Waals surface area contributed by atoms with Gasteiger partial charge in [0.2, 0.25) is 0 Å². The summed E-state index contributed by atoms with van der Waals surface area (Å²) in [5.74, 6) is 0. The van der Waals surface area contributed by atoms with E-state index in [1.165, 1.54) is 16.7 Å². The average molecular weight is 246 g/mol. The molecule has 0 aliphatic rings. The zero-order valence-electron chi connectivity index (χ0n) is 10.4. The van der Waals surface area contributed by atoms with Crippen LogP contribution >= 0.6 is 12.2 Å². The topological polar surface area (TPSA) is 20.7 Å². The molecule has 0 spiro atoms. The molecule has 17 heavy (non-hydrogen) atoms. The second-order valence-corrected chi connectivity index (χ2v) is 4.88. The van der Waals surface area contributed by atoms with Crippen molar-refractivity contribution in [3.05, 3.63) is 52.1 Å². The number of rotatable bonds is 4. The summed E-state index contributed by atoms with van der Waals surface area (Å²) in [5.41, 5.74) is 4.17. The van der Waals surface area contributed by atoms with Crippen molar-refractivity contribution in [2.75, 3.05) is 0 Å². The van der Waals surface area contributed by atoms with Crippen molar-refractivity contribution in [3.8, 4) is 0 Å². The van der Waals surface area contributed by atoms with Crippen LogP contribution in [-0.2, 0) is 13.0 Å². The molecule has 1 aromatic heterocycles. The third-order valence-corrected chi connectivity index (χ3v) is 3.42. The van der Waals surface area contributed by atoms with Gasteiger partial charge in [-0.3, -0.25) is 0 Å². The molecule has 0 fully saturated rings. The Bertz CT molecular complexity index is 551. The molecular weight excluding hydrogens is 228 g/mol. The van der Waals surface area contributed by atoms with Gasteiger partial charge >= 0.3 is 0 Å². The molecule has 3 heteroatoms. The summed E-state index contributed by atoms with van der Waals surface area (Å²) < 4.78 is 2.89. The summed E-state index contributed by atoms with van der Waals surface area (Å²) in [7, 11) is 0. The molecular formula is C14H18N2S. The zero-order chi connectivity index (χ0) is 12.3. The second-order valence-electron chi connectivity index (χ2n) is 4.49. The average Bonchev–Trinajstić information content (AvgIpc) is 2.68. The van der Waals surface area contributed by atoms with Crippen LogP contribution in [0.15, 0.2) is 30.6 Å². The molecule has 0 saturated carbocycles. The molecule has 1 N–H and O–H groups in total. The summed E-state index contributed by atoms with van der Waals surface area (Å²) in [6, 6.07) is 6.67. The van der Waals surface area contributed by atoms with E-state index in [1.54, 1.807) is 0 Å². The van der Waals surface area contributed by atoms with E-state index >= 15 is 0 Å². The van der Waals surface area contributed by atoms with Gasteiger partial charge in [0.05, 0.1) is 0 Å². The van der Waals surface area contributed by atoms with Crippen molar-refractivity contribution in [3.63, 3.8) is 0 Å². The molecule has 2 nitrogen and oxygen atoms in total. The Morgan fingerprint density at radius 3 is 2.76 bits per heavy atom. The van der Waals surface area contributed by atoms with Gasteiger partial charge in [0.1, 0.15) is 0 Å². The highest BCUT2D eigenvalue weighted by atomic mass is 32.1. The highest BCUT2D eigenvalue weighted by Crippen LogP contribution is 2.13. The molecule has 0 saturated heterocycles. The third kappa shape index (κ3) is 3.07. The Balaban J connectivity index is 1.94. The molecule has 0 aliphatic carbocycles. The largest absolute Gasteiger partial charge is 0.337 e. The van der Waals surface area contributed by atoms with Crippen molar-refractivity contribution < 1.29 is 0 Å². The summed E-state index contributed by atoms with van der Waals surface area (Å²) >= 11 is 5.17. The molecule has 2 aromatic rings. The first kappa shape index (κ1) is 12.1. The molecule has 0 aliphatic heterocycles. The van der Waals surface area contributed by atoms with Crippen LogP contribution in [0.2, 0.25) is 0 Å². The van der Waals surface area contributed by atoms with Gasteiger partial charge in [-0.05, 0) is 50.0 Å². The Morgan fingerprint density at radius 2 is 2.12 bits per heavy atom. The summed E-state index contributed by atoms with van der Waals surface area (Å²) in [5, 5.41) is 0. The van der Waals surface area contributed by atoms with Gasteiger partial charge in [0.15, 0.2) is 4.77 Å². The highest BCUT2D eigenvalue weighted by molar-refractivity contribution is 7.71. The fourth-order valence-corrected chi connectivity index (χ4v) is 2.31. The zero-order valence-corrected chi connectivity index (χ0v) is 11.2. The smallest absolute Gasteiger partial charge is 0.177 e. The lowest BCUT2D eigenvalue weighted by molar-refractivity contribution is 0.634. The first-order valence-electron chi connectivity index (χ1n) is 5.97. The molecule has 1 heterocycles. The first-order valence-corrected chi connectivity index (χ1v) is 6.37. The number of H-pyrrole nitrogens is 1. The van der Waals surface area contributed by atoms with Crippen LogP contribution < -0.4 is 0 Å². The standard InChI is InChI=1S/C14H18N2S/c1-11-5-6-13(12(2)10-11)4-3-8-16-9-7-15-14(16)17/h5-7,9-10H,3-4,8H2,1-2H3,(H,15,17). The number of hydrogen-bond donors (Lipinski definition) is 1. The van der Waals surface area contributed by atoms with E-state index in [9.17, 15) is 0 Å². The van der Waals surface area contributed by atoms with Gasteiger partial charge in [-0.2, -0.15) is 0 Å². The highest BCUT2D eigenvalue weighted by Gasteiger charge is 1.99. The van der Waals surface area contributed by atoms with E-state index in [4.69, 9.17) is 12.2 Å². The molecule has 90 valence electrons. The number of aryl methyl sites for hydroxylation is 4. The second kappa shape index (κ2) is 5.32. The van der Waals surface area contributed by atoms with E-state index in [2.05, 4.69) is 41.6 Å². The van der Waals surface area contributed by atoms with Crippen LogP contribution in [0, 0.1) is 18.6 Å². The van der Waals surface area contributed by atoms with Gasteiger partial charge in [0, 0.05) is 18.9 Å². The minimum absolute atomic E-state index is 0.811. The maximum Gasteiger partial charge on any atom is 0.177 e. The number of aromatic nitrogens is 2. The van der Waals surface area contributed by atoms with Gasteiger partial charge in [-0.1, -0.05) is 23.8 Å². The molecule has 2 rings (SSSR count). The van der Waals surface area contributed by atoms with Crippen molar-refractivity contribution >= 4 is 12.2 Å². The summed E-state index contributed by atoms with van der Waals surface area (Å²) in [6.07, 6.45) is 6.12. The number of aromatic amines is 1. The van der Waals surface area contributed by atoms with E-state index in [0.29, 0.717) is 0 Å². The van der Waals surface area contributed by atoms with Crippen molar-refractivity contribution in [1.82, 2.24) is 9.55 Å². The molecule has 0 bridgehead atoms. The number of nitrogens with zero attached hydrogens (tertiary/aromatic N) is 1. The first-order chi connectivity index (χ1) is 8.16. The summed E-state index contributed by atoms with van der Waals surface area (Å²) in [4.78, 5) is 3.01. The number of nitrogens with one attached hydrogen (secondary N) is 1. The number of imidazole rings is 1. The summed E-state index contributed by atoms with van der Waals surface area (Å²) in [6.45, 7) is 5.30. The Kier molecular flexibility index (Phi) is 3.79. The Hall–Kier alpha value is -1.35. The van der Waals surface area contributed by atoms with Crippen LogP contribution in [0.3, 0.4) is 0 Å². The van der Waals surface area contributed by atoms with E-state index in [0.717, 1.165) is 24.2 Å². The predicted octanol–water partition coefficient (Wildman–Crippen LogP) is 3.80. The number of benzene rings is 1. The van der Waals surface area contributed by atoms with Crippen molar-refractivity contribution in [2.24, 2.45) is 0 Å². The Labute approximate surface area is 107 Å². The van der Waals surface area contributed by atoms with Gasteiger partial charge < -0.3 is 9.55 Å². The normalized spacial score (nSPS) is 10.7. The maximum atomic E-state index is 5.17. The maximum absolute atomic E-state index is 5.17. The third-order valence-electron chi connectivity index (χ3n) is 3.07. The minimum Gasteiger partial charge on any atom is -0.337 e. The fourth-order valence-electron chi connectivity index (χ4n) is 2.09. The van der Waals surface area contributed by atoms with Crippen LogP contribution in [0.4, 0.5) is 0 Å². The molecule has 1 aromatic carbocycles. The quantitative estimate of drug-likeness (QED) is 0.814. The SMILES string of the molecule is Cc1ccc(CCCn2cc[nH]c2=S)c(C)c1. The van der Waals surface area contributed by atoms with Gasteiger partial charge in [-0.15, -0.1) is 0 Å². The van der Waals surface area contributed by atoms with Crippen LogP contribution in [0.5, 0.6) is 0 Å². The van der Waals surface area contributed by atoms with Crippen LogP contribution in [0.1, 0.15) is 23.1 Å². The lowest BCUT2D eigenvalue weighted by Crippen LogP contribution is -1.99. The van der Waals surface area contributed by atoms with Gasteiger partial charge in [0.25, 0.3) is 0 Å². The van der Waals surface area contributed by atoms with Crippen molar-refractivity contribution in [1.29, 1.82) is 0 Å². The number of hydrogen-bond acceptors (Lipinski definition) is 1. The molecule has 0 radical (unpaired) electrons. The monoisotopic (exact) mass is 246 g/mol. The van der Waals surface area contributed by atoms with Gasteiger partial charge in [-0.25, -0.2) is 0 Å². The van der Waals surface area contributed by atoms with E-state index < -0.39 is 0 Å². The fraction of sp³-hybridized carbons (Fsp3) is 0.357. The van der Waals surface area contributed by atoms with Crippen LogP contribution in [-0.4, -0.2) is 9.55 Å². The lowest BCUT2D eigenvalue weighted by Gasteiger charge is -2.07. The molecule has 0 unspecified atom stereocenters. The Morgan fingerprint density at radius 1 is 1.29 bits per heavy atom. The van der Waals surface area contributed by atoms with E-state index in [-0.39, 0.29) is 0 Å². The molecule has 0 atom stereocenters. The predicted molar refractivity (Wildman–Crippen MR) is 73.9 cm³/mol. The van der Waals surface area contributed by atoms with Crippen molar-refractivity contribution in [2.45, 2.75) is 33.2 Å². The minimum atomic E-state index is 0.811. The van der Waals surface area contributed by atoms with E-state index in [1.807, 2.05) is 12.4 Å². The van der Waals surface area contributed by atoms with Crippen LogP contribution in [0.25, 0.3) is 0 Å².